The Kier molecular flexibility index (Phi) is 5.14. The summed E-state index contributed by atoms with van der Waals surface area (Å²) < 4.78 is 0.746. The van der Waals surface area contributed by atoms with Gasteiger partial charge in [-0.2, -0.15) is 0 Å². The highest BCUT2D eigenvalue weighted by atomic mass is 32.1. The van der Waals surface area contributed by atoms with Crippen molar-refractivity contribution in [3.05, 3.63) is 52.6 Å². The number of hydrogen-bond donors (Lipinski definition) is 3. The first-order valence-electron chi connectivity index (χ1n) is 8.58. The van der Waals surface area contributed by atoms with Crippen LogP contribution in [0.1, 0.15) is 46.8 Å². The second-order valence-electron chi connectivity index (χ2n) is 6.71. The number of thiazole rings is 1. The van der Waals surface area contributed by atoms with E-state index in [1.165, 1.54) is 16.9 Å². The van der Waals surface area contributed by atoms with E-state index in [4.69, 9.17) is 5.11 Å². The Hall–Kier alpha value is -2.93. The molecule has 0 atom stereocenters. The molecule has 7 heteroatoms. The van der Waals surface area contributed by atoms with Crippen molar-refractivity contribution in [2.24, 2.45) is 0 Å². The van der Waals surface area contributed by atoms with Crippen molar-refractivity contribution in [1.29, 1.82) is 0 Å². The summed E-state index contributed by atoms with van der Waals surface area (Å²) in [5.41, 5.74) is 5.28. The van der Waals surface area contributed by atoms with Crippen LogP contribution in [0.25, 0.3) is 10.2 Å². The fourth-order valence-corrected chi connectivity index (χ4v) is 3.97. The lowest BCUT2D eigenvalue weighted by atomic mass is 9.94. The second-order valence-corrected chi connectivity index (χ2v) is 7.74. The van der Waals surface area contributed by atoms with Crippen molar-refractivity contribution in [2.45, 2.75) is 33.6 Å². The van der Waals surface area contributed by atoms with Crippen LogP contribution in [-0.4, -0.2) is 22.1 Å². The molecule has 140 valence electrons. The van der Waals surface area contributed by atoms with E-state index in [1.807, 2.05) is 19.9 Å². The van der Waals surface area contributed by atoms with Crippen molar-refractivity contribution in [1.82, 2.24) is 4.98 Å². The largest absolute Gasteiger partial charge is 0.465 e. The molecular formula is C20H21N3O3S. The Morgan fingerprint density at radius 1 is 1.11 bits per heavy atom. The van der Waals surface area contributed by atoms with E-state index in [9.17, 15) is 9.59 Å². The Balaban J connectivity index is 1.90. The van der Waals surface area contributed by atoms with Gasteiger partial charge >= 0.3 is 6.09 Å². The first-order valence-corrected chi connectivity index (χ1v) is 9.40. The highest BCUT2D eigenvalue weighted by molar-refractivity contribution is 7.22. The van der Waals surface area contributed by atoms with Crippen LogP contribution in [0.15, 0.2) is 30.3 Å². The minimum Gasteiger partial charge on any atom is -0.465 e. The van der Waals surface area contributed by atoms with E-state index >= 15 is 0 Å². The summed E-state index contributed by atoms with van der Waals surface area (Å²) in [4.78, 5) is 27.7. The molecule has 0 spiro atoms. The standard InChI is InChI=1S/C20H21N3O3S/c1-10(2)14-7-5-11(3)17(12(14)4)22-18(24)13-6-8-15-16(9-13)27-19(21-15)23-20(25)26/h5-10H,1-4H3,(H,21,23)(H,22,24)(H,25,26). The molecule has 0 aliphatic heterocycles. The number of benzene rings is 2. The zero-order valence-corrected chi connectivity index (χ0v) is 16.4. The molecule has 27 heavy (non-hydrogen) atoms. The van der Waals surface area contributed by atoms with Gasteiger partial charge in [-0.3, -0.25) is 10.1 Å². The SMILES string of the molecule is Cc1ccc(C(C)C)c(C)c1NC(=O)c1ccc2nc(NC(=O)O)sc2c1. The summed E-state index contributed by atoms with van der Waals surface area (Å²) >= 11 is 1.19. The van der Waals surface area contributed by atoms with Gasteiger partial charge in [0, 0.05) is 11.3 Å². The molecule has 3 aromatic rings. The van der Waals surface area contributed by atoms with Crippen LogP contribution >= 0.6 is 11.3 Å². The summed E-state index contributed by atoms with van der Waals surface area (Å²) in [5, 5.41) is 14.4. The number of carboxylic acid groups (broad SMARTS) is 1. The van der Waals surface area contributed by atoms with Gasteiger partial charge in [0.05, 0.1) is 10.2 Å². The van der Waals surface area contributed by atoms with Gasteiger partial charge in [-0.1, -0.05) is 37.3 Å². The number of carbonyl (C=O) groups excluding carboxylic acids is 1. The zero-order valence-electron chi connectivity index (χ0n) is 15.6. The fraction of sp³-hybridized carbons (Fsp3) is 0.250. The van der Waals surface area contributed by atoms with Gasteiger partial charge in [0.1, 0.15) is 0 Å². The average Bonchev–Trinajstić information content (AvgIpc) is 2.98. The highest BCUT2D eigenvalue weighted by Crippen LogP contribution is 2.30. The lowest BCUT2D eigenvalue weighted by Gasteiger charge is -2.17. The van der Waals surface area contributed by atoms with E-state index in [1.54, 1.807) is 18.2 Å². The van der Waals surface area contributed by atoms with E-state index in [2.05, 4.69) is 35.5 Å². The molecule has 0 saturated heterocycles. The predicted molar refractivity (Wildman–Crippen MR) is 109 cm³/mol. The third-order valence-corrected chi connectivity index (χ3v) is 5.37. The number of aryl methyl sites for hydroxylation is 1. The van der Waals surface area contributed by atoms with Crippen LogP contribution in [0.3, 0.4) is 0 Å². The third-order valence-electron chi connectivity index (χ3n) is 4.44. The van der Waals surface area contributed by atoms with Crippen molar-refractivity contribution in [3.8, 4) is 0 Å². The maximum Gasteiger partial charge on any atom is 0.410 e. The van der Waals surface area contributed by atoms with Gasteiger partial charge in [-0.05, 0) is 54.7 Å². The first-order chi connectivity index (χ1) is 12.8. The number of fused-ring (bicyclic) bond motifs is 1. The maximum atomic E-state index is 12.8. The van der Waals surface area contributed by atoms with Crippen LogP contribution < -0.4 is 10.6 Å². The van der Waals surface area contributed by atoms with Crippen LogP contribution in [0, 0.1) is 13.8 Å². The maximum absolute atomic E-state index is 12.8. The van der Waals surface area contributed by atoms with Gasteiger partial charge < -0.3 is 10.4 Å². The predicted octanol–water partition coefficient (Wildman–Crippen LogP) is 5.38. The van der Waals surface area contributed by atoms with Gasteiger partial charge in [-0.25, -0.2) is 9.78 Å². The molecule has 0 saturated carbocycles. The van der Waals surface area contributed by atoms with Gasteiger partial charge in [0.15, 0.2) is 5.13 Å². The minimum atomic E-state index is -1.16. The molecule has 0 aliphatic carbocycles. The molecule has 0 unspecified atom stereocenters. The number of nitrogens with zero attached hydrogens (tertiary/aromatic N) is 1. The number of anilines is 2. The molecule has 3 N–H and O–H groups in total. The van der Waals surface area contributed by atoms with E-state index < -0.39 is 6.09 Å². The molecule has 6 nitrogen and oxygen atoms in total. The van der Waals surface area contributed by atoms with Crippen molar-refractivity contribution >= 4 is 44.4 Å². The Morgan fingerprint density at radius 2 is 1.85 bits per heavy atom. The minimum absolute atomic E-state index is 0.204. The molecule has 0 bridgehead atoms. The summed E-state index contributed by atoms with van der Waals surface area (Å²) in [6, 6.07) is 9.27. The van der Waals surface area contributed by atoms with Gasteiger partial charge in [-0.15, -0.1) is 0 Å². The number of nitrogens with one attached hydrogen (secondary N) is 2. The molecule has 1 aromatic heterocycles. The molecule has 0 radical (unpaired) electrons. The van der Waals surface area contributed by atoms with Crippen LogP contribution in [0.4, 0.5) is 15.6 Å². The normalized spacial score (nSPS) is 11.0. The average molecular weight is 383 g/mol. The molecule has 2 amide bonds. The number of rotatable bonds is 4. The summed E-state index contributed by atoms with van der Waals surface area (Å²) in [5.74, 6) is 0.167. The van der Waals surface area contributed by atoms with Crippen LogP contribution in [0.2, 0.25) is 0 Å². The number of hydrogen-bond acceptors (Lipinski definition) is 4. The summed E-state index contributed by atoms with van der Waals surface area (Å²) in [7, 11) is 0. The molecule has 0 fully saturated rings. The van der Waals surface area contributed by atoms with Crippen molar-refractivity contribution < 1.29 is 14.7 Å². The number of aromatic nitrogens is 1. The molecule has 1 heterocycles. The lowest BCUT2D eigenvalue weighted by molar-refractivity contribution is 0.102. The monoisotopic (exact) mass is 383 g/mol. The Labute approximate surface area is 161 Å². The molecule has 0 aliphatic rings. The molecule has 3 rings (SSSR count). The number of carbonyl (C=O) groups is 2. The molecular weight excluding hydrogens is 362 g/mol. The fourth-order valence-electron chi connectivity index (χ4n) is 3.08. The lowest BCUT2D eigenvalue weighted by Crippen LogP contribution is -2.14. The molecule has 2 aromatic carbocycles. The van der Waals surface area contributed by atoms with E-state index in [0.29, 0.717) is 17.0 Å². The van der Waals surface area contributed by atoms with Crippen molar-refractivity contribution in [2.75, 3.05) is 10.6 Å². The first kappa shape index (κ1) is 18.8. The Morgan fingerprint density at radius 3 is 2.52 bits per heavy atom. The summed E-state index contributed by atoms with van der Waals surface area (Å²) in [6.07, 6.45) is -1.16. The third kappa shape index (κ3) is 3.93. The number of amides is 2. The Bertz CT molecular complexity index is 1040. The van der Waals surface area contributed by atoms with Gasteiger partial charge in [0.25, 0.3) is 5.91 Å². The second kappa shape index (κ2) is 7.36. The van der Waals surface area contributed by atoms with Crippen LogP contribution in [0.5, 0.6) is 0 Å². The topological polar surface area (TPSA) is 91.3 Å². The summed E-state index contributed by atoms with van der Waals surface area (Å²) in [6.45, 7) is 8.25. The van der Waals surface area contributed by atoms with Crippen LogP contribution in [-0.2, 0) is 0 Å². The smallest absolute Gasteiger partial charge is 0.410 e. The van der Waals surface area contributed by atoms with Crippen molar-refractivity contribution in [3.63, 3.8) is 0 Å². The zero-order chi connectivity index (χ0) is 19.7. The highest BCUT2D eigenvalue weighted by Gasteiger charge is 2.15. The quantitative estimate of drug-likeness (QED) is 0.564. The van der Waals surface area contributed by atoms with E-state index in [0.717, 1.165) is 21.5 Å². The van der Waals surface area contributed by atoms with E-state index in [-0.39, 0.29) is 11.0 Å². The van der Waals surface area contributed by atoms with Gasteiger partial charge in [0.2, 0.25) is 0 Å².